The van der Waals surface area contributed by atoms with Crippen molar-refractivity contribution in [1.82, 2.24) is 0 Å². The third-order valence-electron chi connectivity index (χ3n) is 5.58. The summed E-state index contributed by atoms with van der Waals surface area (Å²) in [6, 6.07) is 18.0. The lowest BCUT2D eigenvalue weighted by molar-refractivity contribution is -0.0173. The highest BCUT2D eigenvalue weighted by Crippen LogP contribution is 2.33. The molecule has 0 bridgehead atoms. The monoisotopic (exact) mass is 380 g/mol. The summed E-state index contributed by atoms with van der Waals surface area (Å²) >= 11 is 0. The second kappa shape index (κ2) is 10.1. The Balaban J connectivity index is 1.65. The molecule has 2 aromatic rings. The molecular weight excluding hydrogens is 352 g/mol. The number of carbonyl (C=O) groups excluding carboxylic acids is 2. The van der Waals surface area contributed by atoms with Gasteiger partial charge in [-0.3, -0.25) is 0 Å². The molecule has 28 heavy (non-hydrogen) atoms. The molecule has 0 heterocycles. The maximum Gasteiger partial charge on any atom is 0.338 e. The molecule has 3 rings (SSSR count). The first kappa shape index (κ1) is 20.1. The Morgan fingerprint density at radius 1 is 0.857 bits per heavy atom. The quantitative estimate of drug-likeness (QED) is 0.613. The van der Waals surface area contributed by atoms with Crippen molar-refractivity contribution in [3.63, 3.8) is 0 Å². The summed E-state index contributed by atoms with van der Waals surface area (Å²) in [6.07, 6.45) is 5.44. The Labute approximate surface area is 166 Å². The van der Waals surface area contributed by atoms with Gasteiger partial charge in [-0.1, -0.05) is 55.7 Å². The van der Waals surface area contributed by atoms with Crippen LogP contribution in [-0.4, -0.2) is 24.6 Å². The first-order valence-corrected chi connectivity index (χ1v) is 10.1. The summed E-state index contributed by atoms with van der Waals surface area (Å²) in [4.78, 5) is 24.8. The van der Waals surface area contributed by atoms with E-state index in [0.29, 0.717) is 17.0 Å². The largest absolute Gasteiger partial charge is 0.462 e. The fraction of sp³-hybridized carbons (Fsp3) is 0.417. The smallest absolute Gasteiger partial charge is 0.338 e. The van der Waals surface area contributed by atoms with Crippen LogP contribution in [0.3, 0.4) is 0 Å². The van der Waals surface area contributed by atoms with Gasteiger partial charge in [-0.15, -0.1) is 0 Å². The van der Waals surface area contributed by atoms with Crippen molar-refractivity contribution < 1.29 is 19.1 Å². The highest BCUT2D eigenvalue weighted by Gasteiger charge is 2.32. The van der Waals surface area contributed by atoms with Crippen LogP contribution in [0, 0.1) is 11.8 Å². The fourth-order valence-corrected chi connectivity index (χ4v) is 3.95. The minimum absolute atomic E-state index is 0.000578. The van der Waals surface area contributed by atoms with E-state index in [-0.39, 0.29) is 30.6 Å². The molecule has 2 aromatic carbocycles. The molecule has 0 aliphatic heterocycles. The Hall–Kier alpha value is -2.62. The third-order valence-corrected chi connectivity index (χ3v) is 5.58. The number of rotatable bonds is 7. The molecule has 0 radical (unpaired) electrons. The van der Waals surface area contributed by atoms with Crippen molar-refractivity contribution in [2.24, 2.45) is 11.8 Å². The van der Waals surface area contributed by atoms with E-state index in [2.05, 4.69) is 0 Å². The molecule has 1 aliphatic carbocycles. The van der Waals surface area contributed by atoms with Gasteiger partial charge in [0, 0.05) is 5.92 Å². The molecule has 0 aromatic heterocycles. The van der Waals surface area contributed by atoms with Gasteiger partial charge < -0.3 is 9.47 Å². The Morgan fingerprint density at radius 2 is 1.39 bits per heavy atom. The number of hydrogen-bond donors (Lipinski definition) is 0. The lowest BCUT2D eigenvalue weighted by Gasteiger charge is -2.33. The molecule has 0 N–H and O–H groups in total. The van der Waals surface area contributed by atoms with Gasteiger partial charge in [-0.05, 0) is 49.9 Å². The van der Waals surface area contributed by atoms with E-state index >= 15 is 0 Å². The van der Waals surface area contributed by atoms with Crippen molar-refractivity contribution in [2.45, 2.75) is 45.1 Å². The first-order chi connectivity index (χ1) is 13.6. The van der Waals surface area contributed by atoms with Gasteiger partial charge in [0.15, 0.2) is 0 Å². The molecular formula is C24H28O4. The zero-order valence-corrected chi connectivity index (χ0v) is 16.4. The molecule has 148 valence electrons. The summed E-state index contributed by atoms with van der Waals surface area (Å²) in [5.41, 5.74) is 1.08. The highest BCUT2D eigenvalue weighted by molar-refractivity contribution is 5.89. The third kappa shape index (κ3) is 5.44. The molecule has 4 nitrogen and oxygen atoms in total. The van der Waals surface area contributed by atoms with E-state index in [0.717, 1.165) is 12.8 Å². The molecule has 2 atom stereocenters. The van der Waals surface area contributed by atoms with Crippen LogP contribution < -0.4 is 0 Å². The van der Waals surface area contributed by atoms with Crippen molar-refractivity contribution in [3.8, 4) is 0 Å². The van der Waals surface area contributed by atoms with E-state index in [1.54, 1.807) is 24.3 Å². The number of esters is 2. The number of ether oxygens (including phenoxy) is 2. The van der Waals surface area contributed by atoms with E-state index in [4.69, 9.17) is 9.47 Å². The Kier molecular flexibility index (Phi) is 7.24. The maximum absolute atomic E-state index is 12.5. The van der Waals surface area contributed by atoms with Crippen LogP contribution in [0.4, 0.5) is 0 Å². The minimum Gasteiger partial charge on any atom is -0.462 e. The van der Waals surface area contributed by atoms with Gasteiger partial charge in [0.2, 0.25) is 0 Å². The molecule has 0 spiro atoms. The normalized spacial score (nSPS) is 16.8. The second-order valence-corrected chi connectivity index (χ2v) is 7.50. The molecule has 1 fully saturated rings. The SMILES string of the molecule is CC(OC(=O)c1ccccc1)C(COC(=O)c1ccccc1)C1CCCCC1. The van der Waals surface area contributed by atoms with Gasteiger partial charge in [0.25, 0.3) is 0 Å². The zero-order chi connectivity index (χ0) is 19.8. The average molecular weight is 380 g/mol. The average Bonchev–Trinajstić information content (AvgIpc) is 2.75. The van der Waals surface area contributed by atoms with Crippen molar-refractivity contribution >= 4 is 11.9 Å². The molecule has 4 heteroatoms. The summed E-state index contributed by atoms with van der Waals surface area (Å²) < 4.78 is 11.4. The van der Waals surface area contributed by atoms with Crippen molar-refractivity contribution in [2.75, 3.05) is 6.61 Å². The highest BCUT2D eigenvalue weighted by atomic mass is 16.6. The predicted molar refractivity (Wildman–Crippen MR) is 108 cm³/mol. The van der Waals surface area contributed by atoms with Crippen LogP contribution in [0.2, 0.25) is 0 Å². The van der Waals surface area contributed by atoms with Crippen LogP contribution in [-0.2, 0) is 9.47 Å². The molecule has 2 unspecified atom stereocenters. The molecule has 1 saturated carbocycles. The summed E-state index contributed by atoms with van der Waals surface area (Å²) in [5, 5.41) is 0. The van der Waals surface area contributed by atoms with Crippen molar-refractivity contribution in [3.05, 3.63) is 71.8 Å². The van der Waals surface area contributed by atoms with Crippen LogP contribution in [0.25, 0.3) is 0 Å². The maximum atomic E-state index is 12.5. The fourth-order valence-electron chi connectivity index (χ4n) is 3.95. The predicted octanol–water partition coefficient (Wildman–Crippen LogP) is 5.29. The minimum atomic E-state index is -0.331. The number of benzene rings is 2. The standard InChI is InChI=1S/C24H28O4/c1-18(28-24(26)21-15-9-4-10-16-21)22(19-11-5-2-6-12-19)17-27-23(25)20-13-7-3-8-14-20/h3-4,7-10,13-16,18-19,22H,2,5-6,11-12,17H2,1H3. The summed E-state index contributed by atoms with van der Waals surface area (Å²) in [6.45, 7) is 2.18. The molecule has 0 saturated heterocycles. The Bertz CT molecular complexity index is 751. The van der Waals surface area contributed by atoms with E-state index < -0.39 is 0 Å². The van der Waals surface area contributed by atoms with Gasteiger partial charge >= 0.3 is 11.9 Å². The second-order valence-electron chi connectivity index (χ2n) is 7.50. The van der Waals surface area contributed by atoms with Crippen LogP contribution in [0.1, 0.15) is 59.7 Å². The summed E-state index contributed by atoms with van der Waals surface area (Å²) in [7, 11) is 0. The Morgan fingerprint density at radius 3 is 1.96 bits per heavy atom. The number of hydrogen-bond acceptors (Lipinski definition) is 4. The van der Waals surface area contributed by atoms with Crippen LogP contribution >= 0.6 is 0 Å². The van der Waals surface area contributed by atoms with Gasteiger partial charge in [-0.2, -0.15) is 0 Å². The van der Waals surface area contributed by atoms with Crippen LogP contribution in [0.15, 0.2) is 60.7 Å². The van der Waals surface area contributed by atoms with E-state index in [9.17, 15) is 9.59 Å². The number of carbonyl (C=O) groups is 2. The summed E-state index contributed by atoms with van der Waals surface area (Å²) in [5.74, 6) is -0.261. The zero-order valence-electron chi connectivity index (χ0n) is 16.4. The molecule has 1 aliphatic rings. The van der Waals surface area contributed by atoms with Crippen LogP contribution in [0.5, 0.6) is 0 Å². The van der Waals surface area contributed by atoms with Gasteiger partial charge in [-0.25, -0.2) is 9.59 Å². The first-order valence-electron chi connectivity index (χ1n) is 10.1. The lowest BCUT2D eigenvalue weighted by Crippen LogP contribution is -2.35. The van der Waals surface area contributed by atoms with Crippen molar-refractivity contribution in [1.29, 1.82) is 0 Å². The lowest BCUT2D eigenvalue weighted by atomic mass is 9.78. The van der Waals surface area contributed by atoms with Gasteiger partial charge in [0.05, 0.1) is 17.7 Å². The topological polar surface area (TPSA) is 52.6 Å². The molecule has 0 amide bonds. The van der Waals surface area contributed by atoms with E-state index in [1.807, 2.05) is 43.3 Å². The van der Waals surface area contributed by atoms with E-state index in [1.165, 1.54) is 19.3 Å². The van der Waals surface area contributed by atoms with Gasteiger partial charge in [0.1, 0.15) is 6.10 Å².